The minimum absolute atomic E-state index is 0.900. The number of benzene rings is 3. The second-order valence-electron chi connectivity index (χ2n) is 5.89. The minimum Gasteiger partial charge on any atom is -0.398 e. The van der Waals surface area contributed by atoms with Gasteiger partial charge < -0.3 is 5.73 Å². The Morgan fingerprint density at radius 1 is 0.739 bits per heavy atom. The summed E-state index contributed by atoms with van der Waals surface area (Å²) in [5, 5.41) is 0. The molecule has 23 heavy (non-hydrogen) atoms. The highest BCUT2D eigenvalue weighted by Gasteiger charge is 2.14. The summed E-state index contributed by atoms with van der Waals surface area (Å²) in [6, 6.07) is 25.4. The van der Waals surface area contributed by atoms with Gasteiger partial charge in [0.05, 0.1) is 0 Å². The Morgan fingerprint density at radius 2 is 1.35 bits per heavy atom. The normalized spacial score (nSPS) is 10.7. The van der Waals surface area contributed by atoms with Crippen molar-refractivity contribution in [3.8, 4) is 22.3 Å². The zero-order chi connectivity index (χ0) is 16.1. The molecule has 0 bridgehead atoms. The fraction of sp³-hybridized carbons (Fsp3) is 0.182. The highest BCUT2D eigenvalue weighted by molar-refractivity contribution is 5.88. The van der Waals surface area contributed by atoms with Crippen molar-refractivity contribution in [1.82, 2.24) is 0 Å². The van der Waals surface area contributed by atoms with Crippen LogP contribution in [0.15, 0.2) is 72.8 Å². The maximum absolute atomic E-state index is 6.35. The smallest absolute Gasteiger partial charge is 0.0353 e. The second kappa shape index (κ2) is 7.15. The van der Waals surface area contributed by atoms with Gasteiger partial charge in [-0.2, -0.15) is 0 Å². The van der Waals surface area contributed by atoms with Crippen molar-refractivity contribution in [2.24, 2.45) is 0 Å². The first-order valence-corrected chi connectivity index (χ1v) is 8.33. The third-order valence-electron chi connectivity index (χ3n) is 4.28. The Balaban J connectivity index is 2.24. The van der Waals surface area contributed by atoms with Crippen molar-refractivity contribution in [2.45, 2.75) is 26.2 Å². The zero-order valence-corrected chi connectivity index (χ0v) is 13.6. The first-order valence-electron chi connectivity index (χ1n) is 8.33. The molecule has 1 nitrogen and oxygen atoms in total. The highest BCUT2D eigenvalue weighted by atomic mass is 14.6. The molecule has 0 aromatic heterocycles. The highest BCUT2D eigenvalue weighted by Crippen LogP contribution is 2.38. The lowest BCUT2D eigenvalue weighted by Gasteiger charge is -2.18. The topological polar surface area (TPSA) is 26.0 Å². The van der Waals surface area contributed by atoms with Crippen LogP contribution in [0.5, 0.6) is 0 Å². The zero-order valence-electron chi connectivity index (χ0n) is 13.6. The van der Waals surface area contributed by atoms with E-state index in [1.165, 1.54) is 34.2 Å². The molecule has 3 rings (SSSR count). The third kappa shape index (κ3) is 3.29. The molecule has 0 fully saturated rings. The molecule has 116 valence electrons. The molecular weight excluding hydrogens is 278 g/mol. The van der Waals surface area contributed by atoms with Crippen LogP contribution >= 0.6 is 0 Å². The monoisotopic (exact) mass is 301 g/mol. The van der Waals surface area contributed by atoms with Gasteiger partial charge in [-0.1, -0.05) is 80.1 Å². The molecule has 0 heterocycles. The molecule has 0 amide bonds. The first-order chi connectivity index (χ1) is 11.3. The molecule has 2 N–H and O–H groups in total. The van der Waals surface area contributed by atoms with Crippen LogP contribution in [-0.2, 0) is 6.42 Å². The molecule has 0 radical (unpaired) electrons. The average molecular weight is 301 g/mol. The molecule has 1 heteroatoms. The Hall–Kier alpha value is -2.54. The van der Waals surface area contributed by atoms with Crippen molar-refractivity contribution in [3.63, 3.8) is 0 Å². The number of nitrogen functional groups attached to an aromatic ring is 1. The summed E-state index contributed by atoms with van der Waals surface area (Å²) >= 11 is 0. The van der Waals surface area contributed by atoms with Gasteiger partial charge in [-0.05, 0) is 46.7 Å². The van der Waals surface area contributed by atoms with Crippen LogP contribution in [0.1, 0.15) is 25.3 Å². The fourth-order valence-electron chi connectivity index (χ4n) is 3.08. The van der Waals surface area contributed by atoms with Gasteiger partial charge in [0, 0.05) is 5.69 Å². The molecule has 0 aliphatic carbocycles. The second-order valence-corrected chi connectivity index (χ2v) is 5.89. The van der Waals surface area contributed by atoms with E-state index in [1.54, 1.807) is 0 Å². The number of anilines is 1. The van der Waals surface area contributed by atoms with Crippen molar-refractivity contribution in [2.75, 3.05) is 5.73 Å². The van der Waals surface area contributed by atoms with Gasteiger partial charge in [-0.3, -0.25) is 0 Å². The summed E-state index contributed by atoms with van der Waals surface area (Å²) < 4.78 is 0. The quantitative estimate of drug-likeness (QED) is 0.579. The summed E-state index contributed by atoms with van der Waals surface area (Å²) in [7, 11) is 0. The number of nitrogens with two attached hydrogens (primary N) is 1. The Kier molecular flexibility index (Phi) is 4.77. The van der Waals surface area contributed by atoms with E-state index in [2.05, 4.69) is 79.7 Å². The van der Waals surface area contributed by atoms with E-state index in [4.69, 9.17) is 5.73 Å². The minimum atomic E-state index is 0.900. The van der Waals surface area contributed by atoms with E-state index in [0.29, 0.717) is 0 Å². The molecule has 0 aliphatic rings. The lowest BCUT2D eigenvalue weighted by atomic mass is 9.87. The van der Waals surface area contributed by atoms with Gasteiger partial charge in [-0.15, -0.1) is 0 Å². The Morgan fingerprint density at radius 3 is 1.96 bits per heavy atom. The van der Waals surface area contributed by atoms with E-state index < -0.39 is 0 Å². The average Bonchev–Trinajstić information content (AvgIpc) is 2.62. The van der Waals surface area contributed by atoms with E-state index >= 15 is 0 Å². The van der Waals surface area contributed by atoms with Crippen LogP contribution in [0.3, 0.4) is 0 Å². The lowest BCUT2D eigenvalue weighted by Crippen LogP contribution is -2.00. The van der Waals surface area contributed by atoms with Crippen molar-refractivity contribution < 1.29 is 0 Å². The molecule has 0 saturated heterocycles. The first kappa shape index (κ1) is 15.4. The van der Waals surface area contributed by atoms with Gasteiger partial charge >= 0.3 is 0 Å². The van der Waals surface area contributed by atoms with Gasteiger partial charge in [-0.25, -0.2) is 0 Å². The van der Waals surface area contributed by atoms with Gasteiger partial charge in [0.2, 0.25) is 0 Å². The predicted molar refractivity (Wildman–Crippen MR) is 100 cm³/mol. The molecule has 0 aliphatic heterocycles. The lowest BCUT2D eigenvalue weighted by molar-refractivity contribution is 0.797. The molecule has 3 aromatic rings. The number of hydrogen-bond donors (Lipinski definition) is 1. The van der Waals surface area contributed by atoms with E-state index in [9.17, 15) is 0 Å². The van der Waals surface area contributed by atoms with Crippen molar-refractivity contribution >= 4 is 5.69 Å². The summed E-state index contributed by atoms with van der Waals surface area (Å²) in [5.41, 5.74) is 13.5. The summed E-state index contributed by atoms with van der Waals surface area (Å²) in [6.07, 6.45) is 3.35. The fourth-order valence-corrected chi connectivity index (χ4v) is 3.08. The number of hydrogen-bond acceptors (Lipinski definition) is 1. The van der Waals surface area contributed by atoms with E-state index in [0.717, 1.165) is 18.5 Å². The predicted octanol–water partition coefficient (Wildman–Crippen LogP) is 5.95. The summed E-state index contributed by atoms with van der Waals surface area (Å²) in [6.45, 7) is 2.22. The van der Waals surface area contributed by atoms with Crippen molar-refractivity contribution in [1.29, 1.82) is 0 Å². The Bertz CT molecular complexity index is 761. The van der Waals surface area contributed by atoms with Crippen LogP contribution in [0.25, 0.3) is 22.3 Å². The van der Waals surface area contributed by atoms with Gasteiger partial charge in [0.1, 0.15) is 0 Å². The van der Waals surface area contributed by atoms with Crippen molar-refractivity contribution in [3.05, 3.63) is 78.4 Å². The molecule has 0 unspecified atom stereocenters. The van der Waals surface area contributed by atoms with Crippen LogP contribution in [0.2, 0.25) is 0 Å². The maximum Gasteiger partial charge on any atom is 0.0353 e. The third-order valence-corrected chi connectivity index (χ3v) is 4.28. The summed E-state index contributed by atoms with van der Waals surface area (Å²) in [4.78, 5) is 0. The molecule has 3 aromatic carbocycles. The molecule has 0 atom stereocenters. The van der Waals surface area contributed by atoms with Gasteiger partial charge in [0.25, 0.3) is 0 Å². The maximum atomic E-state index is 6.35. The largest absolute Gasteiger partial charge is 0.398 e. The van der Waals surface area contributed by atoms with Crippen LogP contribution in [-0.4, -0.2) is 0 Å². The van der Waals surface area contributed by atoms with Crippen LogP contribution in [0.4, 0.5) is 5.69 Å². The molecule has 0 spiro atoms. The Labute approximate surface area is 138 Å². The standard InChI is InChI=1S/C22H23N/c1-2-3-14-20-21(23)16-15-19(17-10-6-4-7-11-17)22(20)18-12-8-5-9-13-18/h4-13,15-16H,2-3,14,23H2,1H3. The van der Waals surface area contributed by atoms with Gasteiger partial charge in [0.15, 0.2) is 0 Å². The number of unbranched alkanes of at least 4 members (excludes halogenated alkanes) is 1. The number of rotatable bonds is 5. The van der Waals surface area contributed by atoms with Crippen LogP contribution < -0.4 is 5.73 Å². The summed E-state index contributed by atoms with van der Waals surface area (Å²) in [5.74, 6) is 0. The molecular formula is C22H23N. The molecule has 0 saturated carbocycles. The SMILES string of the molecule is CCCCc1c(N)ccc(-c2ccccc2)c1-c1ccccc1. The van der Waals surface area contributed by atoms with E-state index in [-0.39, 0.29) is 0 Å². The van der Waals surface area contributed by atoms with E-state index in [1.807, 2.05) is 0 Å². The van der Waals surface area contributed by atoms with Crippen LogP contribution in [0, 0.1) is 0 Å².